The van der Waals surface area contributed by atoms with Crippen LogP contribution in [0.25, 0.3) is 0 Å². The summed E-state index contributed by atoms with van der Waals surface area (Å²) in [5.41, 5.74) is 1.71. The highest BCUT2D eigenvalue weighted by molar-refractivity contribution is 7.99. The second kappa shape index (κ2) is 14.4. The van der Waals surface area contributed by atoms with Gasteiger partial charge in [-0.15, -0.1) is 11.8 Å². The lowest BCUT2D eigenvalue weighted by molar-refractivity contribution is -0.139. The topological polar surface area (TPSA) is 58.6 Å². The van der Waals surface area contributed by atoms with Gasteiger partial charge in [0.05, 0.1) is 12.9 Å². The number of benzene rings is 2. The van der Waals surface area contributed by atoms with Gasteiger partial charge in [-0.1, -0.05) is 61.7 Å². The average Bonchev–Trinajstić information content (AvgIpc) is 2.81. The van der Waals surface area contributed by atoms with Gasteiger partial charge in [-0.05, 0) is 48.2 Å². The molecule has 2 aromatic carbocycles. The smallest absolute Gasteiger partial charge is 0.242 e. The van der Waals surface area contributed by atoms with E-state index in [0.29, 0.717) is 41.1 Å². The molecule has 2 aromatic rings. The molecule has 0 saturated carbocycles. The fourth-order valence-electron chi connectivity index (χ4n) is 3.39. The summed E-state index contributed by atoms with van der Waals surface area (Å²) >= 11 is 14.0. The molecule has 0 heterocycles. The van der Waals surface area contributed by atoms with Crippen molar-refractivity contribution in [2.45, 2.75) is 51.4 Å². The number of nitrogens with one attached hydrogen (secondary N) is 1. The molecule has 5 nitrogen and oxygen atoms in total. The summed E-state index contributed by atoms with van der Waals surface area (Å²) in [5.74, 6) is 1.20. The Morgan fingerprint density at radius 2 is 1.82 bits per heavy atom. The highest BCUT2D eigenvalue weighted by Gasteiger charge is 2.28. The zero-order valence-corrected chi connectivity index (χ0v) is 21.7. The summed E-state index contributed by atoms with van der Waals surface area (Å²) in [4.78, 5) is 27.9. The van der Waals surface area contributed by atoms with Crippen LogP contribution in [0.15, 0.2) is 42.5 Å². The molecule has 1 N–H and O–H groups in total. The Labute approximate surface area is 211 Å². The van der Waals surface area contributed by atoms with Gasteiger partial charge in [0, 0.05) is 28.9 Å². The maximum absolute atomic E-state index is 13.3. The van der Waals surface area contributed by atoms with Crippen LogP contribution in [0.2, 0.25) is 10.0 Å². The number of carbonyl (C=O) groups excluding carboxylic acids is 2. The van der Waals surface area contributed by atoms with E-state index in [2.05, 4.69) is 12.2 Å². The molecule has 0 fully saturated rings. The van der Waals surface area contributed by atoms with E-state index < -0.39 is 6.04 Å². The lowest BCUT2D eigenvalue weighted by Gasteiger charge is -2.30. The van der Waals surface area contributed by atoms with Crippen LogP contribution in [0.3, 0.4) is 0 Å². The Morgan fingerprint density at radius 1 is 1.12 bits per heavy atom. The predicted octanol–water partition coefficient (Wildman–Crippen LogP) is 5.96. The van der Waals surface area contributed by atoms with E-state index in [1.807, 2.05) is 31.2 Å². The minimum atomic E-state index is -0.551. The van der Waals surface area contributed by atoms with E-state index in [1.165, 1.54) is 11.8 Å². The summed E-state index contributed by atoms with van der Waals surface area (Å²) in [6.07, 6.45) is 2.42. The third-order valence-electron chi connectivity index (χ3n) is 5.24. The molecule has 0 aromatic heterocycles. The molecule has 0 aliphatic carbocycles. The van der Waals surface area contributed by atoms with Crippen LogP contribution in [-0.4, -0.2) is 42.2 Å². The average molecular weight is 512 g/mol. The van der Waals surface area contributed by atoms with Crippen molar-refractivity contribution in [1.82, 2.24) is 10.2 Å². The number of hydrogen-bond donors (Lipinski definition) is 1. The van der Waals surface area contributed by atoms with Crippen molar-refractivity contribution in [3.8, 4) is 5.75 Å². The van der Waals surface area contributed by atoms with Gasteiger partial charge >= 0.3 is 0 Å². The number of halogens is 2. The Kier molecular flexibility index (Phi) is 11.9. The van der Waals surface area contributed by atoms with Crippen molar-refractivity contribution >= 4 is 46.8 Å². The van der Waals surface area contributed by atoms with Crippen molar-refractivity contribution in [3.05, 3.63) is 63.6 Å². The van der Waals surface area contributed by atoms with Crippen LogP contribution in [0.1, 0.15) is 44.2 Å². The number of amides is 2. The van der Waals surface area contributed by atoms with Crippen LogP contribution in [0.4, 0.5) is 0 Å². The monoisotopic (exact) mass is 510 g/mol. The number of hydrogen-bond acceptors (Lipinski definition) is 4. The molecule has 33 heavy (non-hydrogen) atoms. The van der Waals surface area contributed by atoms with Gasteiger partial charge in [0.1, 0.15) is 11.8 Å². The quantitative estimate of drug-likeness (QED) is 0.337. The summed E-state index contributed by atoms with van der Waals surface area (Å²) < 4.78 is 5.32. The number of nitrogens with zero attached hydrogens (tertiary/aromatic N) is 1. The van der Waals surface area contributed by atoms with Gasteiger partial charge in [0.15, 0.2) is 0 Å². The molecule has 2 rings (SSSR count). The molecule has 0 radical (unpaired) electrons. The van der Waals surface area contributed by atoms with Crippen molar-refractivity contribution in [2.24, 2.45) is 0 Å². The lowest BCUT2D eigenvalue weighted by Crippen LogP contribution is -2.49. The first-order chi connectivity index (χ1) is 15.9. The van der Waals surface area contributed by atoms with Crippen molar-refractivity contribution in [1.29, 1.82) is 0 Å². The van der Waals surface area contributed by atoms with E-state index in [-0.39, 0.29) is 17.6 Å². The Hall–Kier alpha value is -1.89. The summed E-state index contributed by atoms with van der Waals surface area (Å²) in [5, 5.41) is 4.14. The molecule has 0 aliphatic heterocycles. The van der Waals surface area contributed by atoms with Crippen molar-refractivity contribution in [3.63, 3.8) is 0 Å². The first kappa shape index (κ1) is 27.4. The summed E-state index contributed by atoms with van der Waals surface area (Å²) in [6, 6.07) is 12.4. The number of ether oxygens (including phenoxy) is 1. The molecular weight excluding hydrogens is 479 g/mol. The van der Waals surface area contributed by atoms with Crippen LogP contribution in [0, 0.1) is 0 Å². The molecule has 0 spiro atoms. The maximum Gasteiger partial charge on any atom is 0.242 e. The lowest BCUT2D eigenvalue weighted by atomic mass is 10.1. The fraction of sp³-hybridized carbons (Fsp3) is 0.440. The van der Waals surface area contributed by atoms with E-state index in [9.17, 15) is 9.59 Å². The Morgan fingerprint density at radius 3 is 2.45 bits per heavy atom. The fourth-order valence-corrected chi connectivity index (χ4v) is 5.03. The van der Waals surface area contributed by atoms with Crippen LogP contribution in [-0.2, 0) is 21.9 Å². The predicted molar refractivity (Wildman–Crippen MR) is 138 cm³/mol. The SMILES string of the molecule is CCCCNC(=O)C(CC)N(Cc1cccc(OC)c1)C(=O)CSCc1c(Cl)cccc1Cl. The van der Waals surface area contributed by atoms with E-state index in [4.69, 9.17) is 27.9 Å². The third kappa shape index (κ3) is 8.43. The zero-order valence-electron chi connectivity index (χ0n) is 19.4. The number of carbonyl (C=O) groups is 2. The zero-order chi connectivity index (χ0) is 24.2. The van der Waals surface area contributed by atoms with E-state index in [1.54, 1.807) is 30.2 Å². The second-order valence-electron chi connectivity index (χ2n) is 7.63. The molecule has 0 aliphatic rings. The number of rotatable bonds is 13. The van der Waals surface area contributed by atoms with Crippen molar-refractivity contribution < 1.29 is 14.3 Å². The van der Waals surface area contributed by atoms with Gasteiger partial charge in [-0.2, -0.15) is 0 Å². The molecule has 0 saturated heterocycles. The van der Waals surface area contributed by atoms with Gasteiger partial charge in [-0.3, -0.25) is 9.59 Å². The molecule has 1 atom stereocenters. The molecule has 0 bridgehead atoms. The van der Waals surface area contributed by atoms with Crippen LogP contribution >= 0.6 is 35.0 Å². The Bertz CT molecular complexity index is 906. The first-order valence-electron chi connectivity index (χ1n) is 11.1. The highest BCUT2D eigenvalue weighted by atomic mass is 35.5. The first-order valence-corrected chi connectivity index (χ1v) is 13.0. The van der Waals surface area contributed by atoms with Crippen molar-refractivity contribution in [2.75, 3.05) is 19.4 Å². The number of methoxy groups -OCH3 is 1. The standard InChI is InChI=1S/C25H32Cl2N2O3S/c1-4-6-13-28-25(31)23(5-2)29(15-18-9-7-10-19(14-18)32-3)24(30)17-33-16-20-21(26)11-8-12-22(20)27/h7-12,14,23H,4-6,13,15-17H2,1-3H3,(H,28,31). The minimum Gasteiger partial charge on any atom is -0.497 e. The summed E-state index contributed by atoms with van der Waals surface area (Å²) in [6.45, 7) is 4.92. The van der Waals surface area contributed by atoms with E-state index >= 15 is 0 Å². The molecular formula is C25H32Cl2N2O3S. The normalized spacial score (nSPS) is 11.7. The third-order valence-corrected chi connectivity index (χ3v) is 6.89. The number of unbranched alkanes of at least 4 members (excludes halogenated alkanes) is 1. The van der Waals surface area contributed by atoms with Gasteiger partial charge < -0.3 is 15.0 Å². The molecule has 8 heteroatoms. The minimum absolute atomic E-state index is 0.108. The largest absolute Gasteiger partial charge is 0.497 e. The van der Waals surface area contributed by atoms with Crippen LogP contribution in [0.5, 0.6) is 5.75 Å². The van der Waals surface area contributed by atoms with Gasteiger partial charge in [0.2, 0.25) is 11.8 Å². The Balaban J connectivity index is 2.16. The second-order valence-corrected chi connectivity index (χ2v) is 9.43. The molecule has 2 amide bonds. The molecule has 180 valence electrons. The van der Waals surface area contributed by atoms with E-state index in [0.717, 1.165) is 24.0 Å². The van der Waals surface area contributed by atoms with Gasteiger partial charge in [0.25, 0.3) is 0 Å². The molecule has 1 unspecified atom stereocenters. The van der Waals surface area contributed by atoms with Crippen LogP contribution < -0.4 is 10.1 Å². The summed E-state index contributed by atoms with van der Waals surface area (Å²) in [7, 11) is 1.61. The maximum atomic E-state index is 13.3. The number of thioether (sulfide) groups is 1. The van der Waals surface area contributed by atoms with Gasteiger partial charge in [-0.25, -0.2) is 0 Å². The highest BCUT2D eigenvalue weighted by Crippen LogP contribution is 2.28.